The van der Waals surface area contributed by atoms with Gasteiger partial charge in [-0.2, -0.15) is 0 Å². The van der Waals surface area contributed by atoms with Gasteiger partial charge in [-0.15, -0.1) is 0 Å². The van der Waals surface area contributed by atoms with Crippen molar-refractivity contribution >= 4 is 63.7 Å². The van der Waals surface area contributed by atoms with Gasteiger partial charge >= 0.3 is 0 Å². The van der Waals surface area contributed by atoms with Gasteiger partial charge in [0.1, 0.15) is 17.2 Å². The van der Waals surface area contributed by atoms with Crippen molar-refractivity contribution in [2.75, 3.05) is 0 Å². The van der Waals surface area contributed by atoms with Gasteiger partial charge in [0.25, 0.3) is 0 Å². The van der Waals surface area contributed by atoms with E-state index in [-0.39, 0.29) is 11.5 Å². The van der Waals surface area contributed by atoms with Crippen molar-refractivity contribution in [2.45, 2.75) is 0 Å². The first-order valence-corrected chi connectivity index (χ1v) is 8.10. The molecular weight excluding hydrogens is 512 g/mol. The van der Waals surface area contributed by atoms with Gasteiger partial charge in [0, 0.05) is 0 Å². The largest absolute Gasteiger partial charge is 0.508 e. The SMILES string of the molecule is Oc1ccc(Oc2c(Br)c(Br)c(O)c(Br)c2Br)cc1. The van der Waals surface area contributed by atoms with Crippen LogP contribution in [0.3, 0.4) is 0 Å². The third-order valence-electron chi connectivity index (χ3n) is 2.26. The van der Waals surface area contributed by atoms with Crippen molar-refractivity contribution in [1.29, 1.82) is 0 Å². The van der Waals surface area contributed by atoms with Gasteiger partial charge < -0.3 is 14.9 Å². The average molecular weight is 518 g/mol. The van der Waals surface area contributed by atoms with Gasteiger partial charge in [-0.3, -0.25) is 0 Å². The number of ether oxygens (including phenoxy) is 1. The maximum absolute atomic E-state index is 9.85. The Morgan fingerprint density at radius 2 is 1.21 bits per heavy atom. The number of halogens is 4. The quantitative estimate of drug-likeness (QED) is 0.485. The lowest BCUT2D eigenvalue weighted by Gasteiger charge is -2.14. The van der Waals surface area contributed by atoms with Crippen LogP contribution >= 0.6 is 63.7 Å². The van der Waals surface area contributed by atoms with Crippen molar-refractivity contribution in [3.8, 4) is 23.0 Å². The Hall–Kier alpha value is -0.240. The van der Waals surface area contributed by atoms with Crippen molar-refractivity contribution in [3.05, 3.63) is 42.2 Å². The normalized spacial score (nSPS) is 10.5. The fraction of sp³-hybridized carbons (Fsp3) is 0. The molecule has 7 heteroatoms. The summed E-state index contributed by atoms with van der Waals surface area (Å²) < 4.78 is 7.86. The van der Waals surface area contributed by atoms with E-state index in [0.717, 1.165) is 0 Å². The van der Waals surface area contributed by atoms with Crippen LogP contribution in [0.4, 0.5) is 0 Å². The van der Waals surface area contributed by atoms with E-state index in [1.807, 2.05) is 0 Å². The zero-order chi connectivity index (χ0) is 14.2. The van der Waals surface area contributed by atoms with Gasteiger partial charge in [-0.05, 0) is 88.0 Å². The molecule has 0 saturated heterocycles. The number of rotatable bonds is 2. The summed E-state index contributed by atoms with van der Waals surface area (Å²) in [5.74, 6) is 1.29. The van der Waals surface area contributed by atoms with E-state index >= 15 is 0 Å². The maximum atomic E-state index is 9.85. The first-order chi connectivity index (χ1) is 8.91. The second-order valence-electron chi connectivity index (χ2n) is 3.53. The molecule has 0 saturated carbocycles. The molecule has 0 aliphatic carbocycles. The summed E-state index contributed by atoms with van der Waals surface area (Å²) in [7, 11) is 0. The van der Waals surface area contributed by atoms with Crippen molar-refractivity contribution < 1.29 is 14.9 Å². The topological polar surface area (TPSA) is 49.7 Å². The predicted molar refractivity (Wildman–Crippen MR) is 87.1 cm³/mol. The van der Waals surface area contributed by atoms with Gasteiger partial charge in [0.2, 0.25) is 0 Å². The summed E-state index contributed by atoms with van der Waals surface area (Å²) in [5.41, 5.74) is 0. The minimum Gasteiger partial charge on any atom is -0.508 e. The first-order valence-electron chi connectivity index (χ1n) is 4.93. The van der Waals surface area contributed by atoms with Gasteiger partial charge in [-0.1, -0.05) is 0 Å². The van der Waals surface area contributed by atoms with Crippen molar-refractivity contribution in [3.63, 3.8) is 0 Å². The van der Waals surface area contributed by atoms with E-state index in [9.17, 15) is 10.2 Å². The zero-order valence-electron chi connectivity index (χ0n) is 9.12. The minimum atomic E-state index is 0.0665. The molecule has 19 heavy (non-hydrogen) atoms. The second-order valence-corrected chi connectivity index (χ2v) is 6.70. The minimum absolute atomic E-state index is 0.0665. The summed E-state index contributed by atoms with van der Waals surface area (Å²) in [6.07, 6.45) is 0. The lowest BCUT2D eigenvalue weighted by atomic mass is 10.3. The molecule has 100 valence electrons. The van der Waals surface area contributed by atoms with Crippen LogP contribution in [0.25, 0.3) is 0 Å². The van der Waals surface area contributed by atoms with E-state index in [1.54, 1.807) is 12.1 Å². The molecule has 0 radical (unpaired) electrons. The van der Waals surface area contributed by atoms with E-state index in [4.69, 9.17) is 4.74 Å². The number of hydrogen-bond acceptors (Lipinski definition) is 3. The molecule has 0 amide bonds. The van der Waals surface area contributed by atoms with Crippen LogP contribution in [0.5, 0.6) is 23.0 Å². The monoisotopic (exact) mass is 514 g/mol. The zero-order valence-corrected chi connectivity index (χ0v) is 15.5. The van der Waals surface area contributed by atoms with Crippen LogP contribution in [0.2, 0.25) is 0 Å². The number of phenols is 2. The number of benzene rings is 2. The molecule has 0 aliphatic rings. The molecular formula is C12H6Br4O3. The molecule has 0 unspecified atom stereocenters. The van der Waals surface area contributed by atoms with Crippen LogP contribution in [0.1, 0.15) is 0 Å². The van der Waals surface area contributed by atoms with Crippen LogP contribution in [-0.4, -0.2) is 10.2 Å². The smallest absolute Gasteiger partial charge is 0.158 e. The maximum Gasteiger partial charge on any atom is 0.158 e. The molecule has 2 N–H and O–H groups in total. The van der Waals surface area contributed by atoms with E-state index in [2.05, 4.69) is 63.7 Å². The Kier molecular flexibility index (Phi) is 4.81. The van der Waals surface area contributed by atoms with Gasteiger partial charge in [-0.25, -0.2) is 0 Å². The highest BCUT2D eigenvalue weighted by molar-refractivity contribution is 9.14. The molecule has 2 aromatic rings. The molecule has 0 heterocycles. The Bertz CT molecular complexity index is 597. The van der Waals surface area contributed by atoms with Crippen LogP contribution in [0.15, 0.2) is 42.2 Å². The Balaban J connectivity index is 2.48. The van der Waals surface area contributed by atoms with E-state index < -0.39 is 0 Å². The van der Waals surface area contributed by atoms with Gasteiger partial charge in [0.15, 0.2) is 5.75 Å². The molecule has 2 aromatic carbocycles. The third-order valence-corrected chi connectivity index (χ3v) is 6.38. The summed E-state index contributed by atoms with van der Waals surface area (Å²) in [5, 5.41) is 19.1. The summed E-state index contributed by atoms with van der Waals surface area (Å²) in [4.78, 5) is 0. The number of phenolic OH excluding ortho intramolecular Hbond substituents is 2. The molecule has 0 spiro atoms. The predicted octanol–water partition coefficient (Wildman–Crippen LogP) is 5.94. The number of aromatic hydroxyl groups is 2. The highest BCUT2D eigenvalue weighted by Crippen LogP contribution is 2.50. The molecule has 0 aliphatic heterocycles. The van der Waals surface area contributed by atoms with Crippen LogP contribution in [0, 0.1) is 0 Å². The molecule has 3 nitrogen and oxygen atoms in total. The Morgan fingerprint density at radius 1 is 0.737 bits per heavy atom. The standard InChI is InChI=1S/C12H6Br4O3/c13-7-9(15)12(10(16)8(14)11(7)18)19-6-3-1-5(17)2-4-6/h1-4,17-18H. The third kappa shape index (κ3) is 3.09. The lowest BCUT2D eigenvalue weighted by Crippen LogP contribution is -1.90. The highest BCUT2D eigenvalue weighted by atomic mass is 79.9. The Labute approximate surface area is 143 Å². The highest BCUT2D eigenvalue weighted by Gasteiger charge is 2.20. The summed E-state index contributed by atoms with van der Waals surface area (Å²) in [6, 6.07) is 6.34. The second kappa shape index (κ2) is 6.03. The van der Waals surface area contributed by atoms with E-state index in [1.165, 1.54) is 12.1 Å². The summed E-state index contributed by atoms with van der Waals surface area (Å²) >= 11 is 13.3. The summed E-state index contributed by atoms with van der Waals surface area (Å²) in [6.45, 7) is 0. The average Bonchev–Trinajstić information content (AvgIpc) is 2.41. The molecule has 0 atom stereocenters. The van der Waals surface area contributed by atoms with E-state index in [0.29, 0.717) is 29.4 Å². The lowest BCUT2D eigenvalue weighted by molar-refractivity contribution is 0.450. The Morgan fingerprint density at radius 3 is 1.68 bits per heavy atom. The molecule has 2 rings (SSSR count). The fourth-order valence-electron chi connectivity index (χ4n) is 1.32. The van der Waals surface area contributed by atoms with Crippen LogP contribution < -0.4 is 4.74 Å². The van der Waals surface area contributed by atoms with Crippen LogP contribution in [-0.2, 0) is 0 Å². The van der Waals surface area contributed by atoms with Crippen molar-refractivity contribution in [2.24, 2.45) is 0 Å². The fourth-order valence-corrected chi connectivity index (χ4v) is 3.54. The first kappa shape index (κ1) is 15.2. The van der Waals surface area contributed by atoms with Gasteiger partial charge in [0.05, 0.1) is 17.9 Å². The molecule has 0 fully saturated rings. The molecule has 0 aromatic heterocycles. The van der Waals surface area contributed by atoms with Crippen molar-refractivity contribution in [1.82, 2.24) is 0 Å². The number of hydrogen-bond donors (Lipinski definition) is 2. The molecule has 0 bridgehead atoms.